The Morgan fingerprint density at radius 2 is 2.19 bits per heavy atom. The Labute approximate surface area is 153 Å². The Kier molecular flexibility index (Phi) is 5.80. The third kappa shape index (κ3) is 4.56. The van der Waals surface area contributed by atoms with Crippen LogP contribution in [0.25, 0.3) is 11.3 Å². The van der Waals surface area contributed by atoms with Gasteiger partial charge >= 0.3 is 6.03 Å². The lowest BCUT2D eigenvalue weighted by molar-refractivity contribution is 0.0568. The summed E-state index contributed by atoms with van der Waals surface area (Å²) in [6.07, 6.45) is 1.75. The lowest BCUT2D eigenvalue weighted by atomic mass is 10.1. The van der Waals surface area contributed by atoms with Gasteiger partial charge in [-0.05, 0) is 39.1 Å². The summed E-state index contributed by atoms with van der Waals surface area (Å²) in [4.78, 5) is 23.1. The lowest BCUT2D eigenvalue weighted by Gasteiger charge is -2.20. The van der Waals surface area contributed by atoms with Gasteiger partial charge in [-0.3, -0.25) is 0 Å². The van der Waals surface area contributed by atoms with E-state index >= 15 is 0 Å². The number of aryl methyl sites for hydroxylation is 1. The van der Waals surface area contributed by atoms with Gasteiger partial charge in [0.05, 0.1) is 17.8 Å². The van der Waals surface area contributed by atoms with E-state index in [1.54, 1.807) is 6.20 Å². The van der Waals surface area contributed by atoms with E-state index in [1.807, 2.05) is 51.2 Å². The number of amides is 2. The molecule has 0 saturated carbocycles. The molecule has 3 rings (SSSR count). The van der Waals surface area contributed by atoms with Crippen molar-refractivity contribution in [2.24, 2.45) is 0 Å². The fraction of sp³-hybridized carbons (Fsp3) is 0.421. The summed E-state index contributed by atoms with van der Waals surface area (Å²) in [6.45, 7) is 6.06. The molecule has 2 amide bonds. The largest absolute Gasteiger partial charge is 0.375 e. The van der Waals surface area contributed by atoms with Crippen molar-refractivity contribution < 1.29 is 9.53 Å². The van der Waals surface area contributed by atoms with Crippen LogP contribution >= 0.6 is 0 Å². The molecule has 7 nitrogen and oxygen atoms in total. The van der Waals surface area contributed by atoms with Crippen LogP contribution in [0, 0.1) is 6.92 Å². The number of carbonyl (C=O) groups excluding carboxylic acids is 1. The summed E-state index contributed by atoms with van der Waals surface area (Å²) in [5.74, 6) is 0.714. The summed E-state index contributed by atoms with van der Waals surface area (Å²) in [7, 11) is 2.03. The number of urea groups is 1. The van der Waals surface area contributed by atoms with Crippen molar-refractivity contribution in [3.05, 3.63) is 42.4 Å². The molecule has 2 heterocycles. The quantitative estimate of drug-likeness (QED) is 0.860. The van der Waals surface area contributed by atoms with E-state index < -0.39 is 0 Å². The van der Waals surface area contributed by atoms with Crippen LogP contribution in [0.3, 0.4) is 0 Å². The molecule has 26 heavy (non-hydrogen) atoms. The molecule has 0 bridgehead atoms. The highest BCUT2D eigenvalue weighted by Crippen LogP contribution is 2.21. The number of hydrogen-bond acceptors (Lipinski definition) is 5. The van der Waals surface area contributed by atoms with Gasteiger partial charge in [-0.25, -0.2) is 14.8 Å². The summed E-state index contributed by atoms with van der Waals surface area (Å²) < 4.78 is 5.73. The average Bonchev–Trinajstić information content (AvgIpc) is 2.94. The molecule has 2 atom stereocenters. The number of rotatable bonds is 5. The minimum absolute atomic E-state index is 0.0195. The van der Waals surface area contributed by atoms with Crippen LogP contribution in [0.2, 0.25) is 0 Å². The molecule has 2 N–H and O–H groups in total. The van der Waals surface area contributed by atoms with Crippen molar-refractivity contribution in [2.45, 2.75) is 26.0 Å². The van der Waals surface area contributed by atoms with Gasteiger partial charge in [0, 0.05) is 37.1 Å². The number of benzene rings is 1. The zero-order valence-electron chi connectivity index (χ0n) is 15.4. The Balaban J connectivity index is 1.65. The number of nitrogens with one attached hydrogen (secondary N) is 2. The van der Waals surface area contributed by atoms with Gasteiger partial charge in [0.15, 0.2) is 0 Å². The molecule has 1 aliphatic rings. The maximum absolute atomic E-state index is 12.4. The predicted molar refractivity (Wildman–Crippen MR) is 101 cm³/mol. The third-order valence-corrected chi connectivity index (χ3v) is 4.34. The van der Waals surface area contributed by atoms with Gasteiger partial charge in [0.1, 0.15) is 5.82 Å². The molecular weight excluding hydrogens is 330 g/mol. The molecule has 7 heteroatoms. The molecule has 0 spiro atoms. The van der Waals surface area contributed by atoms with E-state index in [0.717, 1.165) is 30.0 Å². The fourth-order valence-electron chi connectivity index (χ4n) is 3.19. The highest BCUT2D eigenvalue weighted by molar-refractivity contribution is 5.90. The van der Waals surface area contributed by atoms with Gasteiger partial charge in [-0.15, -0.1) is 0 Å². The van der Waals surface area contributed by atoms with Crippen molar-refractivity contribution >= 4 is 11.7 Å². The maximum atomic E-state index is 12.4. The van der Waals surface area contributed by atoms with Gasteiger partial charge in [-0.2, -0.15) is 0 Å². The molecule has 138 valence electrons. The van der Waals surface area contributed by atoms with Gasteiger partial charge in [0.2, 0.25) is 0 Å². The number of likely N-dealkylation sites (N-methyl/N-ethyl adjacent to an activating group) is 1. The van der Waals surface area contributed by atoms with Crippen LogP contribution in [0.1, 0.15) is 12.7 Å². The van der Waals surface area contributed by atoms with E-state index in [0.29, 0.717) is 12.4 Å². The Morgan fingerprint density at radius 3 is 2.96 bits per heavy atom. The zero-order valence-corrected chi connectivity index (χ0v) is 15.4. The van der Waals surface area contributed by atoms with Crippen molar-refractivity contribution in [3.63, 3.8) is 0 Å². The Morgan fingerprint density at radius 1 is 1.35 bits per heavy atom. The molecule has 1 aromatic heterocycles. The second-order valence-electron chi connectivity index (χ2n) is 6.49. The average molecular weight is 355 g/mol. The van der Waals surface area contributed by atoms with Crippen molar-refractivity contribution in [3.8, 4) is 11.3 Å². The standard InChI is InChI=1S/C19H25N5O2/c1-4-26-18-12-24(3)11-17(18)23-19(25)22-15-7-5-6-14(10-15)16-8-9-20-13(2)21-16/h5-10,17-18H,4,11-12H2,1-3H3,(H2,22,23,25)/t17-,18-/m1/s1. The van der Waals surface area contributed by atoms with E-state index in [-0.39, 0.29) is 18.2 Å². The molecule has 2 aromatic rings. The van der Waals surface area contributed by atoms with E-state index in [2.05, 4.69) is 25.5 Å². The minimum Gasteiger partial charge on any atom is -0.375 e. The molecular formula is C19H25N5O2. The van der Waals surface area contributed by atoms with E-state index in [9.17, 15) is 4.79 Å². The topological polar surface area (TPSA) is 79.4 Å². The third-order valence-electron chi connectivity index (χ3n) is 4.34. The first-order chi connectivity index (χ1) is 12.5. The Bertz CT molecular complexity index is 767. The predicted octanol–water partition coefficient (Wildman–Crippen LogP) is 2.29. The molecule has 1 aromatic carbocycles. The first-order valence-corrected chi connectivity index (χ1v) is 8.83. The number of nitrogens with zero attached hydrogens (tertiary/aromatic N) is 3. The second kappa shape index (κ2) is 8.25. The normalized spacial score (nSPS) is 20.1. The van der Waals surface area contributed by atoms with Crippen LogP contribution in [0.15, 0.2) is 36.5 Å². The summed E-state index contributed by atoms with van der Waals surface area (Å²) in [5, 5.41) is 5.92. The summed E-state index contributed by atoms with van der Waals surface area (Å²) >= 11 is 0. The van der Waals surface area contributed by atoms with Gasteiger partial charge in [0.25, 0.3) is 0 Å². The van der Waals surface area contributed by atoms with Crippen LogP contribution in [0.5, 0.6) is 0 Å². The second-order valence-corrected chi connectivity index (χ2v) is 6.49. The van der Waals surface area contributed by atoms with Crippen LogP contribution < -0.4 is 10.6 Å². The molecule has 1 fully saturated rings. The molecule has 0 unspecified atom stereocenters. The number of hydrogen-bond donors (Lipinski definition) is 2. The number of aromatic nitrogens is 2. The van der Waals surface area contributed by atoms with Crippen molar-refractivity contribution in [2.75, 3.05) is 32.1 Å². The number of carbonyl (C=O) groups is 1. The van der Waals surface area contributed by atoms with Gasteiger partial charge < -0.3 is 20.3 Å². The first kappa shape index (κ1) is 18.3. The van der Waals surface area contributed by atoms with Crippen LogP contribution in [0.4, 0.5) is 10.5 Å². The summed E-state index contributed by atoms with van der Waals surface area (Å²) in [5.41, 5.74) is 2.48. The number of ether oxygens (including phenoxy) is 1. The van der Waals surface area contributed by atoms with Crippen LogP contribution in [-0.2, 0) is 4.74 Å². The fourth-order valence-corrected chi connectivity index (χ4v) is 3.19. The SMILES string of the molecule is CCO[C@@H]1CN(C)C[C@H]1NC(=O)Nc1cccc(-c2ccnc(C)n2)c1. The monoisotopic (exact) mass is 355 g/mol. The lowest BCUT2D eigenvalue weighted by Crippen LogP contribution is -2.45. The maximum Gasteiger partial charge on any atom is 0.319 e. The van der Waals surface area contributed by atoms with Crippen molar-refractivity contribution in [1.82, 2.24) is 20.2 Å². The smallest absolute Gasteiger partial charge is 0.319 e. The van der Waals surface area contributed by atoms with Gasteiger partial charge in [-0.1, -0.05) is 12.1 Å². The van der Waals surface area contributed by atoms with E-state index in [1.165, 1.54) is 0 Å². The molecule has 1 aliphatic heterocycles. The zero-order chi connectivity index (χ0) is 18.5. The highest BCUT2D eigenvalue weighted by atomic mass is 16.5. The highest BCUT2D eigenvalue weighted by Gasteiger charge is 2.32. The Hall–Kier alpha value is -2.51. The summed E-state index contributed by atoms with van der Waals surface area (Å²) in [6, 6.07) is 9.22. The van der Waals surface area contributed by atoms with E-state index in [4.69, 9.17) is 4.74 Å². The number of anilines is 1. The number of likely N-dealkylation sites (tertiary alicyclic amines) is 1. The molecule has 0 radical (unpaired) electrons. The first-order valence-electron chi connectivity index (χ1n) is 8.83. The van der Waals surface area contributed by atoms with Crippen LogP contribution in [-0.4, -0.2) is 59.8 Å². The molecule has 0 aliphatic carbocycles. The minimum atomic E-state index is -0.231. The molecule has 1 saturated heterocycles. The van der Waals surface area contributed by atoms with Crippen molar-refractivity contribution in [1.29, 1.82) is 0 Å².